The molecule has 0 radical (unpaired) electrons. The molecular formula is C24H28N4O. The average Bonchev–Trinajstić information content (AvgIpc) is 3.37. The first-order valence-corrected chi connectivity index (χ1v) is 10.8. The summed E-state index contributed by atoms with van der Waals surface area (Å²) in [5.41, 5.74) is 5.06. The van der Waals surface area contributed by atoms with Crippen LogP contribution >= 0.6 is 0 Å². The monoisotopic (exact) mass is 388 g/mol. The molecule has 1 aromatic heterocycles. The molecule has 5 heteroatoms. The Labute approximate surface area is 171 Å². The number of carbonyl (C=O) groups is 1. The third-order valence-corrected chi connectivity index (χ3v) is 6.47. The van der Waals surface area contributed by atoms with Crippen LogP contribution in [-0.2, 0) is 24.2 Å². The van der Waals surface area contributed by atoms with Crippen molar-refractivity contribution in [3.05, 3.63) is 66.0 Å². The lowest BCUT2D eigenvalue weighted by molar-refractivity contribution is -0.122. The molecule has 1 atom stereocenters. The van der Waals surface area contributed by atoms with Crippen molar-refractivity contribution in [3.8, 4) is 0 Å². The van der Waals surface area contributed by atoms with Gasteiger partial charge in [-0.1, -0.05) is 36.4 Å². The third-order valence-electron chi connectivity index (χ3n) is 6.47. The highest BCUT2D eigenvalue weighted by molar-refractivity contribution is 5.77. The van der Waals surface area contributed by atoms with Crippen LogP contribution in [0.1, 0.15) is 30.4 Å². The maximum atomic E-state index is 12.6. The SMILES string of the molecule is O=C(CCn1cnc2ccccc21)N[C@@H]1CCCN(C2Cc3ccccc3C2)C1. The van der Waals surface area contributed by atoms with E-state index in [9.17, 15) is 4.79 Å². The van der Waals surface area contributed by atoms with Crippen LogP contribution < -0.4 is 5.32 Å². The predicted octanol–water partition coefficient (Wildman–Crippen LogP) is 3.17. The van der Waals surface area contributed by atoms with E-state index in [1.54, 1.807) is 0 Å². The van der Waals surface area contributed by atoms with Gasteiger partial charge >= 0.3 is 0 Å². The highest BCUT2D eigenvalue weighted by Gasteiger charge is 2.30. The quantitative estimate of drug-likeness (QED) is 0.730. The number of aryl methyl sites for hydroxylation is 1. The first-order valence-electron chi connectivity index (χ1n) is 10.8. The van der Waals surface area contributed by atoms with Crippen molar-refractivity contribution in [2.45, 2.75) is 50.7 Å². The lowest BCUT2D eigenvalue weighted by atomic mass is 10.0. The van der Waals surface area contributed by atoms with E-state index in [0.717, 1.165) is 49.8 Å². The fraction of sp³-hybridized carbons (Fsp3) is 0.417. The summed E-state index contributed by atoms with van der Waals surface area (Å²) >= 11 is 0. The number of amides is 1. The van der Waals surface area contributed by atoms with Crippen LogP contribution in [0.2, 0.25) is 0 Å². The number of likely N-dealkylation sites (tertiary alicyclic amines) is 1. The number of aromatic nitrogens is 2. The molecule has 3 aromatic rings. The molecule has 2 aromatic carbocycles. The van der Waals surface area contributed by atoms with Gasteiger partial charge in [0.25, 0.3) is 0 Å². The molecule has 150 valence electrons. The second kappa shape index (κ2) is 7.99. The summed E-state index contributed by atoms with van der Waals surface area (Å²) in [6.07, 6.45) is 6.85. The standard InChI is InChI=1S/C24H28N4O/c29-24(11-13-28-17-25-22-9-3-4-10-23(22)28)26-20-8-5-12-27(16-20)21-14-18-6-1-2-7-19(18)15-21/h1-4,6-7,9-10,17,20-21H,5,8,11-16H2,(H,26,29)/t20-/m1/s1. The molecule has 1 saturated heterocycles. The highest BCUT2D eigenvalue weighted by atomic mass is 16.1. The Hall–Kier alpha value is -2.66. The van der Waals surface area contributed by atoms with Crippen LogP contribution in [0.25, 0.3) is 11.0 Å². The zero-order valence-electron chi connectivity index (χ0n) is 16.8. The minimum absolute atomic E-state index is 0.143. The van der Waals surface area contributed by atoms with E-state index < -0.39 is 0 Å². The molecule has 0 spiro atoms. The molecule has 1 aliphatic heterocycles. The molecule has 2 aliphatic rings. The van der Waals surface area contributed by atoms with Crippen molar-refractivity contribution in [2.75, 3.05) is 13.1 Å². The summed E-state index contributed by atoms with van der Waals surface area (Å²) in [7, 11) is 0. The number of para-hydroxylation sites is 2. The Morgan fingerprint density at radius 1 is 1.07 bits per heavy atom. The van der Waals surface area contributed by atoms with E-state index in [1.807, 2.05) is 24.5 Å². The first-order chi connectivity index (χ1) is 14.3. The number of piperidine rings is 1. The number of nitrogens with one attached hydrogen (secondary N) is 1. The minimum atomic E-state index is 0.143. The van der Waals surface area contributed by atoms with Gasteiger partial charge in [0.2, 0.25) is 5.91 Å². The Morgan fingerprint density at radius 3 is 2.66 bits per heavy atom. The topological polar surface area (TPSA) is 50.2 Å². The second-order valence-electron chi connectivity index (χ2n) is 8.41. The van der Waals surface area contributed by atoms with Gasteiger partial charge in [0.05, 0.1) is 17.4 Å². The predicted molar refractivity (Wildman–Crippen MR) is 115 cm³/mol. The van der Waals surface area contributed by atoms with Crippen LogP contribution in [0.3, 0.4) is 0 Å². The number of nitrogens with zero attached hydrogens (tertiary/aromatic N) is 3. The van der Waals surface area contributed by atoms with Gasteiger partial charge in [0.15, 0.2) is 0 Å². The third kappa shape index (κ3) is 3.92. The number of imidazole rings is 1. The van der Waals surface area contributed by atoms with Crippen molar-refractivity contribution in [1.82, 2.24) is 19.8 Å². The number of hydrogen-bond donors (Lipinski definition) is 1. The average molecular weight is 389 g/mol. The number of hydrogen-bond acceptors (Lipinski definition) is 3. The minimum Gasteiger partial charge on any atom is -0.352 e. The van der Waals surface area contributed by atoms with Crippen molar-refractivity contribution in [1.29, 1.82) is 0 Å². The van der Waals surface area contributed by atoms with E-state index in [4.69, 9.17) is 0 Å². The largest absolute Gasteiger partial charge is 0.352 e. The van der Waals surface area contributed by atoms with Crippen molar-refractivity contribution in [3.63, 3.8) is 0 Å². The molecule has 0 saturated carbocycles. The summed E-state index contributed by atoms with van der Waals surface area (Å²) in [6.45, 7) is 2.78. The van der Waals surface area contributed by atoms with Crippen LogP contribution in [0.5, 0.6) is 0 Å². The van der Waals surface area contributed by atoms with Crippen LogP contribution in [0, 0.1) is 0 Å². The van der Waals surface area contributed by atoms with Crippen LogP contribution in [-0.4, -0.2) is 45.5 Å². The fourth-order valence-electron chi connectivity index (χ4n) is 4.96. The summed E-state index contributed by atoms with van der Waals surface area (Å²) < 4.78 is 2.07. The molecule has 5 rings (SSSR count). The molecule has 5 nitrogen and oxygen atoms in total. The van der Waals surface area contributed by atoms with Gasteiger partial charge in [0, 0.05) is 31.6 Å². The molecule has 2 heterocycles. The smallest absolute Gasteiger partial charge is 0.222 e. The van der Waals surface area contributed by atoms with Gasteiger partial charge in [-0.3, -0.25) is 9.69 Å². The van der Waals surface area contributed by atoms with E-state index in [0.29, 0.717) is 19.0 Å². The highest BCUT2D eigenvalue weighted by Crippen LogP contribution is 2.27. The second-order valence-corrected chi connectivity index (χ2v) is 8.41. The van der Waals surface area contributed by atoms with Gasteiger partial charge in [0.1, 0.15) is 0 Å². The van der Waals surface area contributed by atoms with Crippen molar-refractivity contribution in [2.24, 2.45) is 0 Å². The van der Waals surface area contributed by atoms with Crippen LogP contribution in [0.15, 0.2) is 54.9 Å². The summed E-state index contributed by atoms with van der Waals surface area (Å²) in [5, 5.41) is 3.29. The Kier molecular flexibility index (Phi) is 5.06. The number of rotatable bonds is 5. The molecule has 0 unspecified atom stereocenters. The molecule has 0 bridgehead atoms. The lowest BCUT2D eigenvalue weighted by Crippen LogP contribution is -2.51. The van der Waals surface area contributed by atoms with E-state index >= 15 is 0 Å². The van der Waals surface area contributed by atoms with E-state index in [-0.39, 0.29) is 11.9 Å². The summed E-state index contributed by atoms with van der Waals surface area (Å²) in [4.78, 5) is 19.6. The van der Waals surface area contributed by atoms with Gasteiger partial charge in [-0.15, -0.1) is 0 Å². The van der Waals surface area contributed by atoms with E-state index in [2.05, 4.69) is 50.1 Å². The number of benzene rings is 2. The van der Waals surface area contributed by atoms with Crippen molar-refractivity contribution < 1.29 is 4.79 Å². The number of carbonyl (C=O) groups excluding carboxylic acids is 1. The fourth-order valence-corrected chi connectivity index (χ4v) is 4.96. The molecule has 1 N–H and O–H groups in total. The summed E-state index contributed by atoms with van der Waals surface area (Å²) in [6, 6.07) is 17.7. The normalized spacial score (nSPS) is 20.1. The molecular weight excluding hydrogens is 360 g/mol. The Morgan fingerprint density at radius 2 is 1.83 bits per heavy atom. The first kappa shape index (κ1) is 18.4. The van der Waals surface area contributed by atoms with Gasteiger partial charge in [-0.2, -0.15) is 0 Å². The lowest BCUT2D eigenvalue weighted by Gasteiger charge is -2.37. The molecule has 29 heavy (non-hydrogen) atoms. The van der Waals surface area contributed by atoms with Crippen molar-refractivity contribution >= 4 is 16.9 Å². The Bertz CT molecular complexity index is 986. The van der Waals surface area contributed by atoms with E-state index in [1.165, 1.54) is 11.1 Å². The maximum absolute atomic E-state index is 12.6. The van der Waals surface area contributed by atoms with Gasteiger partial charge < -0.3 is 9.88 Å². The van der Waals surface area contributed by atoms with Gasteiger partial charge in [-0.25, -0.2) is 4.98 Å². The molecule has 1 fully saturated rings. The molecule has 1 amide bonds. The maximum Gasteiger partial charge on any atom is 0.222 e. The molecule has 1 aliphatic carbocycles. The van der Waals surface area contributed by atoms with Crippen LogP contribution in [0.4, 0.5) is 0 Å². The summed E-state index contributed by atoms with van der Waals surface area (Å²) in [5.74, 6) is 0.143. The van der Waals surface area contributed by atoms with Gasteiger partial charge in [-0.05, 0) is 55.5 Å². The zero-order chi connectivity index (χ0) is 19.6. The Balaban J connectivity index is 1.14. The zero-order valence-corrected chi connectivity index (χ0v) is 16.8. The number of fused-ring (bicyclic) bond motifs is 2.